The van der Waals surface area contributed by atoms with Crippen molar-refractivity contribution in [1.82, 2.24) is 40.7 Å². The van der Waals surface area contributed by atoms with E-state index >= 15 is 8.78 Å². The van der Waals surface area contributed by atoms with Gasteiger partial charge < -0.3 is 54.8 Å². The van der Waals surface area contributed by atoms with Gasteiger partial charge in [-0.25, -0.2) is 23.7 Å². The van der Waals surface area contributed by atoms with Crippen LogP contribution >= 0.6 is 22.9 Å². The molecule has 0 saturated carbocycles. The van der Waals surface area contributed by atoms with Gasteiger partial charge in [-0.2, -0.15) is 0 Å². The Morgan fingerprint density at radius 1 is 0.911 bits per heavy atom. The lowest BCUT2D eigenvalue weighted by atomic mass is 9.85. The number of halogens is 3. The Balaban J connectivity index is 0.753. The molecule has 2 aliphatic rings. The lowest BCUT2D eigenvalue weighted by Gasteiger charge is -2.35. The van der Waals surface area contributed by atoms with Crippen molar-refractivity contribution < 1.29 is 51.6 Å². The zero-order valence-electron chi connectivity index (χ0n) is 46.2. The summed E-state index contributed by atoms with van der Waals surface area (Å²) in [5.74, 6) is -2.34. The van der Waals surface area contributed by atoms with E-state index in [4.69, 9.17) is 40.3 Å². The van der Waals surface area contributed by atoms with Crippen LogP contribution in [0.5, 0.6) is 5.75 Å². The fourth-order valence-corrected chi connectivity index (χ4v) is 10.8. The first-order valence-corrected chi connectivity index (χ1v) is 28.1. The molecule has 3 atom stereocenters. The second kappa shape index (κ2) is 29.0. The number of rotatable bonds is 27. The fraction of sp³-hybridized carbons (Fsp3) is 0.526. The van der Waals surface area contributed by atoms with Crippen molar-refractivity contribution in [3.8, 4) is 27.3 Å². The van der Waals surface area contributed by atoms with Crippen LogP contribution in [0.15, 0.2) is 54.0 Å². The minimum Gasteiger partial charge on any atom is -0.496 e. The van der Waals surface area contributed by atoms with E-state index in [-0.39, 0.29) is 102 Å². The third-order valence-electron chi connectivity index (χ3n) is 14.1. The van der Waals surface area contributed by atoms with Gasteiger partial charge in [0, 0.05) is 50.0 Å². The van der Waals surface area contributed by atoms with Crippen LogP contribution in [-0.4, -0.2) is 160 Å². The average Bonchev–Trinajstić information content (AvgIpc) is 4.29. The van der Waals surface area contributed by atoms with Gasteiger partial charge in [-0.15, -0.1) is 11.3 Å². The van der Waals surface area contributed by atoms with Crippen molar-refractivity contribution >= 4 is 63.4 Å². The topological polar surface area (TPSA) is 208 Å². The van der Waals surface area contributed by atoms with Gasteiger partial charge in [-0.3, -0.25) is 19.2 Å². The largest absolute Gasteiger partial charge is 0.496 e. The molecule has 2 fully saturated rings. The SMILES string of the molecule is COc1cccc(F)c1-c1c(Cl)cc2c(C3CCNCC3)nc(NCCC(=O)N(C)CCOCCOCCOCCOCC(=O)N[C@H](C(=O)N3CCC[C@H]3C(=O)N[C@@H](C)c3ccc(-c4scnc4C)cc3)C(C)(C)C)nc2c1F. The van der Waals surface area contributed by atoms with Crippen molar-refractivity contribution in [3.63, 3.8) is 0 Å². The molecule has 2 saturated heterocycles. The van der Waals surface area contributed by atoms with Gasteiger partial charge in [0.2, 0.25) is 29.6 Å². The predicted octanol–water partition coefficient (Wildman–Crippen LogP) is 7.86. The highest BCUT2D eigenvalue weighted by atomic mass is 35.5. The summed E-state index contributed by atoms with van der Waals surface area (Å²) in [5.41, 5.74) is 4.54. The molecule has 4 amide bonds. The highest BCUT2D eigenvalue weighted by Gasteiger charge is 2.42. The van der Waals surface area contributed by atoms with E-state index in [2.05, 4.69) is 31.2 Å². The van der Waals surface area contributed by atoms with Crippen LogP contribution in [-0.2, 0) is 38.1 Å². The number of carbonyl (C=O) groups is 4. The van der Waals surface area contributed by atoms with Crippen LogP contribution in [0.25, 0.3) is 32.5 Å². The molecule has 5 aromatic rings. The van der Waals surface area contributed by atoms with Gasteiger partial charge in [0.25, 0.3) is 0 Å². The first-order chi connectivity index (χ1) is 38.0. The van der Waals surface area contributed by atoms with E-state index in [1.165, 1.54) is 25.3 Å². The number of likely N-dealkylation sites (tertiary alicyclic amines) is 1. The molecule has 22 heteroatoms. The number of thiazole rings is 1. The van der Waals surface area contributed by atoms with Crippen molar-refractivity contribution in [2.75, 3.05) is 105 Å². The van der Waals surface area contributed by atoms with Crippen LogP contribution in [0, 0.1) is 24.0 Å². The summed E-state index contributed by atoms with van der Waals surface area (Å²) in [7, 11) is 3.06. The maximum absolute atomic E-state index is 16.6. The first kappa shape index (κ1) is 60.7. The molecule has 0 bridgehead atoms. The maximum atomic E-state index is 16.6. The number of carbonyl (C=O) groups excluding carboxylic acids is 4. The van der Waals surface area contributed by atoms with E-state index in [0.29, 0.717) is 63.4 Å². The van der Waals surface area contributed by atoms with Crippen molar-refractivity contribution in [3.05, 3.63) is 87.6 Å². The van der Waals surface area contributed by atoms with Gasteiger partial charge in [-0.05, 0) is 87.4 Å². The summed E-state index contributed by atoms with van der Waals surface area (Å²) in [4.78, 5) is 71.6. The third kappa shape index (κ3) is 16.1. The Bertz CT molecular complexity index is 2870. The molecule has 2 aromatic heterocycles. The number of aryl methyl sites for hydroxylation is 1. The summed E-state index contributed by atoms with van der Waals surface area (Å²) < 4.78 is 59.5. The number of hydrogen-bond acceptors (Lipinski definition) is 15. The van der Waals surface area contributed by atoms with Crippen LogP contribution in [0.3, 0.4) is 0 Å². The summed E-state index contributed by atoms with van der Waals surface area (Å²) in [6.45, 7) is 13.6. The summed E-state index contributed by atoms with van der Waals surface area (Å²) in [6.07, 6.45) is 2.85. The predicted molar refractivity (Wildman–Crippen MR) is 300 cm³/mol. The van der Waals surface area contributed by atoms with Crippen LogP contribution in [0.1, 0.15) is 88.7 Å². The molecular weight excluding hydrogens is 1060 g/mol. The van der Waals surface area contributed by atoms with Gasteiger partial charge in [0.15, 0.2) is 5.82 Å². The molecular formula is C57H74ClF2N9O9S. The van der Waals surface area contributed by atoms with Gasteiger partial charge >= 0.3 is 0 Å². The summed E-state index contributed by atoms with van der Waals surface area (Å²) >= 11 is 8.26. The van der Waals surface area contributed by atoms with E-state index < -0.39 is 35.0 Å². The molecule has 4 N–H and O–H groups in total. The third-order valence-corrected chi connectivity index (χ3v) is 15.4. The number of piperidine rings is 1. The molecule has 79 heavy (non-hydrogen) atoms. The molecule has 2 aliphatic heterocycles. The molecule has 7 rings (SSSR count). The number of likely N-dealkylation sites (N-methyl/N-ethyl adjacent to an activating group) is 1. The number of methoxy groups -OCH3 is 1. The standard InChI is InChI=1S/C57H74ClF2N9O9S/c1-35(37-13-15-39(16-14-37)52-36(2)63-34-79-52)64-54(72)43-11-9-23-69(43)55(73)53(57(3,4)5)65-45(70)33-78-31-30-77-29-28-76-27-26-75-25-24-68(6)46(71)19-22-62-56-66-50(38-17-20-61-21-18-38)40-32-41(58)47(49(60)51(40)67-56)48-42(59)10-8-12-44(48)74-7/h8,10,12-16,32,34-35,38,43,53,61H,9,11,17-31,33H2,1-7H3,(H,64,72)(H,65,70)(H,62,66,67)/t35-,43-,53+/m0/s1. The zero-order valence-corrected chi connectivity index (χ0v) is 47.8. The number of fused-ring (bicyclic) bond motifs is 1. The van der Waals surface area contributed by atoms with Gasteiger partial charge in [-0.1, -0.05) is 62.7 Å². The second-order valence-corrected chi connectivity index (χ2v) is 22.0. The minimum absolute atomic E-state index is 0.00232. The second-order valence-electron chi connectivity index (χ2n) is 20.8. The minimum atomic E-state index is -0.877. The van der Waals surface area contributed by atoms with Crippen LogP contribution in [0.2, 0.25) is 5.02 Å². The average molecular weight is 1130 g/mol. The molecule has 428 valence electrons. The van der Waals surface area contributed by atoms with E-state index in [0.717, 1.165) is 47.6 Å². The first-order valence-electron chi connectivity index (χ1n) is 26.9. The highest BCUT2D eigenvalue weighted by Crippen LogP contribution is 2.43. The van der Waals surface area contributed by atoms with E-state index in [9.17, 15) is 19.2 Å². The highest BCUT2D eigenvalue weighted by molar-refractivity contribution is 7.13. The number of hydrogen-bond donors (Lipinski definition) is 4. The number of nitrogens with zero attached hydrogens (tertiary/aromatic N) is 5. The number of nitrogens with one attached hydrogen (secondary N) is 4. The molecule has 0 aliphatic carbocycles. The zero-order chi connectivity index (χ0) is 56.6. The Morgan fingerprint density at radius 3 is 2.25 bits per heavy atom. The number of benzene rings is 3. The Morgan fingerprint density at radius 2 is 1.59 bits per heavy atom. The summed E-state index contributed by atoms with van der Waals surface area (Å²) in [5, 5.41) is 12.9. The quantitative estimate of drug-likeness (QED) is 0.0370. The Hall–Kier alpha value is -5.94. The smallest absolute Gasteiger partial charge is 0.246 e. The van der Waals surface area contributed by atoms with Gasteiger partial charge in [0.05, 0.1) is 91.8 Å². The fourth-order valence-electron chi connectivity index (χ4n) is 9.69. The molecule has 0 unspecified atom stereocenters. The Kier molecular flexibility index (Phi) is 22.3. The molecule has 4 heterocycles. The van der Waals surface area contributed by atoms with Crippen molar-refractivity contribution in [1.29, 1.82) is 0 Å². The number of amides is 4. The van der Waals surface area contributed by atoms with Crippen molar-refractivity contribution in [2.45, 2.75) is 90.8 Å². The summed E-state index contributed by atoms with van der Waals surface area (Å²) in [6, 6.07) is 12.1. The molecule has 0 radical (unpaired) electrons. The lowest BCUT2D eigenvalue weighted by Crippen LogP contribution is -2.58. The molecule has 18 nitrogen and oxygen atoms in total. The lowest BCUT2D eigenvalue weighted by molar-refractivity contribution is -0.144. The van der Waals surface area contributed by atoms with E-state index in [1.54, 1.807) is 34.3 Å². The van der Waals surface area contributed by atoms with Crippen LogP contribution in [0.4, 0.5) is 14.7 Å². The van der Waals surface area contributed by atoms with Crippen LogP contribution < -0.4 is 26.0 Å². The molecule has 0 spiro atoms. The number of aromatic nitrogens is 3. The molecule has 3 aromatic carbocycles. The Labute approximate surface area is 470 Å². The number of ether oxygens (including phenoxy) is 5. The van der Waals surface area contributed by atoms with E-state index in [1.807, 2.05) is 64.4 Å². The number of anilines is 1. The normalized spacial score (nSPS) is 15.7. The maximum Gasteiger partial charge on any atom is 0.246 e. The van der Waals surface area contributed by atoms with Crippen molar-refractivity contribution in [2.24, 2.45) is 5.41 Å². The van der Waals surface area contributed by atoms with Gasteiger partial charge in [0.1, 0.15) is 35.8 Å². The monoisotopic (exact) mass is 1130 g/mol.